The Balaban J connectivity index is 2.26. The van der Waals surface area contributed by atoms with Crippen LogP contribution in [0.4, 0.5) is 0 Å². The summed E-state index contributed by atoms with van der Waals surface area (Å²) in [5.41, 5.74) is 0.972. The van der Waals surface area contributed by atoms with Crippen LogP contribution in [0, 0.1) is 23.2 Å². The van der Waals surface area contributed by atoms with E-state index in [9.17, 15) is 0 Å². The summed E-state index contributed by atoms with van der Waals surface area (Å²) in [7, 11) is 0. The molecule has 4 aliphatic rings. The normalized spacial score (nSPS) is 90.5. The Kier molecular flexibility index (Phi) is 0.122. The van der Waals surface area contributed by atoms with Crippen molar-refractivity contribution in [2.75, 3.05) is 0 Å². The van der Waals surface area contributed by atoms with E-state index >= 15 is 0 Å². The van der Waals surface area contributed by atoms with Gasteiger partial charge in [0.15, 0.2) is 0 Å². The van der Waals surface area contributed by atoms with Gasteiger partial charge in [-0.25, -0.2) is 0 Å². The molecule has 32 valence electrons. The van der Waals surface area contributed by atoms with Crippen LogP contribution >= 0.6 is 0 Å². The first-order valence-corrected chi connectivity index (χ1v) is 2.85. The molecule has 4 saturated carbocycles. The van der Waals surface area contributed by atoms with Crippen molar-refractivity contribution in [2.45, 2.75) is 13.3 Å². The fourth-order valence-corrected chi connectivity index (χ4v) is 2.48. The lowest BCUT2D eigenvalue weighted by molar-refractivity contribution is 0.210. The zero-order valence-electron chi connectivity index (χ0n) is 3.94. The summed E-state index contributed by atoms with van der Waals surface area (Å²) in [6.07, 6.45) is 1.60. The summed E-state index contributed by atoms with van der Waals surface area (Å²) in [6, 6.07) is 0. The smallest absolute Gasteiger partial charge is 0.0229 e. The molecule has 0 aromatic carbocycles. The number of hydrogen-bond donors (Lipinski definition) is 0. The van der Waals surface area contributed by atoms with Crippen LogP contribution in [-0.4, -0.2) is 0 Å². The van der Waals surface area contributed by atoms with E-state index in [2.05, 4.69) is 6.92 Å². The fourth-order valence-electron chi connectivity index (χ4n) is 2.48. The second-order valence-corrected chi connectivity index (χ2v) is 3.34. The standard InChI is InChI=1S/C6H8/c1-6-3-2-4(6)5(3)6/h3-5H,2H2,1H3. The van der Waals surface area contributed by atoms with E-state index in [1.54, 1.807) is 6.42 Å². The van der Waals surface area contributed by atoms with Crippen LogP contribution in [0.3, 0.4) is 0 Å². The van der Waals surface area contributed by atoms with Crippen LogP contribution in [0.1, 0.15) is 13.3 Å². The first-order chi connectivity index (χ1) is 2.85. The number of rotatable bonds is 0. The molecule has 2 unspecified atom stereocenters. The number of hydrogen-bond acceptors (Lipinski definition) is 0. The van der Waals surface area contributed by atoms with Crippen LogP contribution in [-0.2, 0) is 0 Å². The predicted molar refractivity (Wildman–Crippen MR) is 23.2 cm³/mol. The maximum atomic E-state index is 2.44. The summed E-state index contributed by atoms with van der Waals surface area (Å²) in [5.74, 6) is 3.74. The van der Waals surface area contributed by atoms with Crippen molar-refractivity contribution >= 4 is 0 Å². The molecule has 6 heavy (non-hydrogen) atoms. The molecule has 0 N–H and O–H groups in total. The van der Waals surface area contributed by atoms with Crippen LogP contribution in [0.15, 0.2) is 0 Å². The molecule has 4 rings (SSSR count). The Bertz CT molecular complexity index is 106. The van der Waals surface area contributed by atoms with Gasteiger partial charge in [-0.1, -0.05) is 6.92 Å². The third-order valence-electron chi connectivity index (χ3n) is 3.47. The molecule has 2 bridgehead atoms. The second kappa shape index (κ2) is 0.312. The Morgan fingerprint density at radius 3 is 1.83 bits per heavy atom. The summed E-state index contributed by atoms with van der Waals surface area (Å²) >= 11 is 0. The van der Waals surface area contributed by atoms with Gasteiger partial charge in [0, 0.05) is 0 Å². The molecule has 0 heterocycles. The Morgan fingerprint density at radius 1 is 1.50 bits per heavy atom. The fraction of sp³-hybridized carbons (Fsp3) is 1.00. The van der Waals surface area contributed by atoms with Gasteiger partial charge in [0.25, 0.3) is 0 Å². The summed E-state index contributed by atoms with van der Waals surface area (Å²) < 4.78 is 0. The maximum absolute atomic E-state index is 2.44. The molecular formula is C6H8. The topological polar surface area (TPSA) is 0 Å². The van der Waals surface area contributed by atoms with E-state index in [-0.39, 0.29) is 0 Å². The summed E-state index contributed by atoms with van der Waals surface area (Å²) in [4.78, 5) is 0. The average Bonchev–Trinajstić information content (AvgIpc) is 1.75. The quantitative estimate of drug-likeness (QED) is 0.411. The molecule has 4 fully saturated rings. The highest BCUT2D eigenvalue weighted by atomic mass is 15.0. The van der Waals surface area contributed by atoms with E-state index < -0.39 is 0 Å². The monoisotopic (exact) mass is 80.1 g/mol. The van der Waals surface area contributed by atoms with E-state index in [1.165, 1.54) is 17.8 Å². The third kappa shape index (κ3) is 0.0533. The van der Waals surface area contributed by atoms with Gasteiger partial charge in [-0.2, -0.15) is 0 Å². The van der Waals surface area contributed by atoms with Crippen LogP contribution in [0.5, 0.6) is 0 Å². The molecule has 0 nitrogen and oxygen atoms in total. The molecule has 2 atom stereocenters. The van der Waals surface area contributed by atoms with E-state index in [0.29, 0.717) is 0 Å². The SMILES string of the molecule is CC12C3CC1C32. The van der Waals surface area contributed by atoms with Gasteiger partial charge in [0.05, 0.1) is 0 Å². The van der Waals surface area contributed by atoms with Crippen molar-refractivity contribution in [3.8, 4) is 0 Å². The third-order valence-corrected chi connectivity index (χ3v) is 3.47. The Labute approximate surface area is 37.5 Å². The summed E-state index contributed by atoms with van der Waals surface area (Å²) in [6.45, 7) is 2.44. The van der Waals surface area contributed by atoms with Crippen LogP contribution in [0.25, 0.3) is 0 Å². The predicted octanol–water partition coefficient (Wildman–Crippen LogP) is 1.27. The molecule has 4 aliphatic carbocycles. The van der Waals surface area contributed by atoms with Gasteiger partial charge in [-0.3, -0.25) is 0 Å². The summed E-state index contributed by atoms with van der Waals surface area (Å²) in [5, 5.41) is 0. The molecule has 0 spiro atoms. The van der Waals surface area contributed by atoms with E-state index in [0.717, 1.165) is 5.41 Å². The minimum atomic E-state index is 0.972. The molecule has 0 aromatic rings. The van der Waals surface area contributed by atoms with Gasteiger partial charge >= 0.3 is 0 Å². The maximum Gasteiger partial charge on any atom is -0.0229 e. The van der Waals surface area contributed by atoms with Gasteiger partial charge in [-0.15, -0.1) is 0 Å². The zero-order valence-corrected chi connectivity index (χ0v) is 3.94. The average molecular weight is 80.1 g/mol. The highest BCUT2D eigenvalue weighted by molar-refractivity contribution is 5.39. The van der Waals surface area contributed by atoms with Crippen LogP contribution < -0.4 is 0 Å². The Morgan fingerprint density at radius 2 is 1.83 bits per heavy atom. The second-order valence-electron chi connectivity index (χ2n) is 3.34. The molecule has 0 heteroatoms. The van der Waals surface area contributed by atoms with Crippen molar-refractivity contribution in [1.29, 1.82) is 0 Å². The first-order valence-electron chi connectivity index (χ1n) is 2.85. The molecule has 0 saturated heterocycles. The van der Waals surface area contributed by atoms with Gasteiger partial charge in [-0.05, 0) is 29.6 Å². The van der Waals surface area contributed by atoms with Crippen LogP contribution in [0.2, 0.25) is 0 Å². The minimum Gasteiger partial charge on any atom is -0.0588 e. The molecule has 0 aromatic heterocycles. The lowest BCUT2D eigenvalue weighted by atomic mass is 9.77. The van der Waals surface area contributed by atoms with E-state index in [4.69, 9.17) is 0 Å². The van der Waals surface area contributed by atoms with Crippen molar-refractivity contribution in [3.63, 3.8) is 0 Å². The largest absolute Gasteiger partial charge is 0.0588 e. The Hall–Kier alpha value is 0. The lowest BCUT2D eigenvalue weighted by Crippen LogP contribution is -2.21. The highest BCUT2D eigenvalue weighted by Gasteiger charge is 2.91. The first kappa shape index (κ1) is 2.34. The van der Waals surface area contributed by atoms with Crippen molar-refractivity contribution in [3.05, 3.63) is 0 Å². The molecule has 0 aliphatic heterocycles. The molecule has 0 amide bonds. The highest BCUT2D eigenvalue weighted by Crippen LogP contribution is 2.96. The van der Waals surface area contributed by atoms with Gasteiger partial charge in [0.1, 0.15) is 0 Å². The van der Waals surface area contributed by atoms with Gasteiger partial charge in [0.2, 0.25) is 0 Å². The molecule has 0 radical (unpaired) electrons. The van der Waals surface area contributed by atoms with E-state index in [1.807, 2.05) is 0 Å². The van der Waals surface area contributed by atoms with Gasteiger partial charge < -0.3 is 0 Å². The van der Waals surface area contributed by atoms with Crippen molar-refractivity contribution < 1.29 is 0 Å². The minimum absolute atomic E-state index is 0.972. The molecular weight excluding hydrogens is 72.1 g/mol. The zero-order chi connectivity index (χ0) is 3.94. The lowest BCUT2D eigenvalue weighted by Gasteiger charge is -2.27. The van der Waals surface area contributed by atoms with Crippen molar-refractivity contribution in [1.82, 2.24) is 0 Å². The van der Waals surface area contributed by atoms with Crippen molar-refractivity contribution in [2.24, 2.45) is 23.2 Å².